The van der Waals surface area contributed by atoms with Crippen molar-refractivity contribution < 1.29 is 19.0 Å². The van der Waals surface area contributed by atoms with Crippen LogP contribution >= 0.6 is 22.6 Å². The van der Waals surface area contributed by atoms with Crippen molar-refractivity contribution in [3.05, 3.63) is 66.6 Å². The predicted octanol–water partition coefficient (Wildman–Crippen LogP) is 1.53. The van der Waals surface area contributed by atoms with Crippen LogP contribution in [0.1, 0.15) is 33.5 Å². The molecule has 168 valence electrons. The first-order valence-corrected chi connectivity index (χ1v) is 10.6. The van der Waals surface area contributed by atoms with Gasteiger partial charge in [-0.15, -0.1) is 0 Å². The van der Waals surface area contributed by atoms with Crippen LogP contribution in [0.3, 0.4) is 0 Å². The number of carbonyl (C=O) groups is 2. The summed E-state index contributed by atoms with van der Waals surface area (Å²) >= 11 is 2.21. The molecule has 2 heterocycles. The third-order valence-corrected chi connectivity index (χ3v) is 6.05. The van der Waals surface area contributed by atoms with E-state index in [2.05, 4.69) is 48.5 Å². The number of carbonyl (C=O) groups excluding carboxylic acids is 2. The Labute approximate surface area is 196 Å². The van der Waals surface area contributed by atoms with E-state index in [9.17, 15) is 19.7 Å². The van der Waals surface area contributed by atoms with Crippen LogP contribution in [0.4, 0.5) is 5.69 Å². The van der Waals surface area contributed by atoms with Crippen LogP contribution in [0.15, 0.2) is 28.8 Å². The third-order valence-electron chi connectivity index (χ3n) is 4.49. The lowest BCUT2D eigenvalue weighted by molar-refractivity contribution is -0.384. The number of nitro benzene ring substituents is 1. The van der Waals surface area contributed by atoms with E-state index in [1.807, 2.05) is 13.8 Å². The molecule has 0 aliphatic rings. The summed E-state index contributed by atoms with van der Waals surface area (Å²) in [6.45, 7) is 4.49. The lowest BCUT2D eigenvalue weighted by Gasteiger charge is -2.06. The van der Waals surface area contributed by atoms with Gasteiger partial charge in [0.1, 0.15) is 6.54 Å². The fraction of sp³-hybridized carbons (Fsp3) is 0.316. The van der Waals surface area contributed by atoms with Crippen molar-refractivity contribution in [1.29, 1.82) is 0 Å². The maximum atomic E-state index is 12.2. The molecule has 3 aromatic rings. The highest BCUT2D eigenvalue weighted by molar-refractivity contribution is 14.1. The summed E-state index contributed by atoms with van der Waals surface area (Å²) in [5.74, 6) is -0.661. The van der Waals surface area contributed by atoms with Crippen LogP contribution < -0.4 is 10.6 Å². The molecule has 12 nitrogen and oxygen atoms in total. The average Bonchev–Trinajstić information content (AvgIpc) is 3.32. The molecular formula is C19H20IN7O5. The summed E-state index contributed by atoms with van der Waals surface area (Å²) in [6, 6.07) is 5.74. The Kier molecular flexibility index (Phi) is 7.50. The zero-order valence-corrected chi connectivity index (χ0v) is 19.5. The van der Waals surface area contributed by atoms with Crippen LogP contribution in [-0.4, -0.2) is 49.7 Å². The molecule has 0 spiro atoms. The third kappa shape index (κ3) is 5.87. The highest BCUT2D eigenvalue weighted by atomic mass is 127. The molecule has 13 heteroatoms. The lowest BCUT2D eigenvalue weighted by atomic mass is 10.1. The predicted molar refractivity (Wildman–Crippen MR) is 120 cm³/mol. The smallest absolute Gasteiger partial charge is 0.316 e. The van der Waals surface area contributed by atoms with Gasteiger partial charge in [-0.1, -0.05) is 17.3 Å². The van der Waals surface area contributed by atoms with Crippen LogP contribution in [0, 0.1) is 27.5 Å². The average molecular weight is 553 g/mol. The minimum Gasteiger partial charge on any atom is -0.354 e. The van der Waals surface area contributed by atoms with E-state index in [-0.39, 0.29) is 43.5 Å². The number of amides is 2. The number of non-ortho nitro benzene ring substituents is 1. The van der Waals surface area contributed by atoms with E-state index < -0.39 is 10.8 Å². The molecule has 32 heavy (non-hydrogen) atoms. The van der Waals surface area contributed by atoms with Gasteiger partial charge in [0.2, 0.25) is 5.91 Å². The zero-order chi connectivity index (χ0) is 23.3. The monoisotopic (exact) mass is 553 g/mol. The van der Waals surface area contributed by atoms with Gasteiger partial charge in [0.25, 0.3) is 5.69 Å². The van der Waals surface area contributed by atoms with Crippen LogP contribution in [0.2, 0.25) is 0 Å². The molecule has 3 rings (SSSR count). The summed E-state index contributed by atoms with van der Waals surface area (Å²) in [7, 11) is 0. The minimum absolute atomic E-state index is 0.0364. The first-order chi connectivity index (χ1) is 15.2. The Balaban J connectivity index is 1.41. The molecule has 2 amide bonds. The van der Waals surface area contributed by atoms with E-state index in [0.29, 0.717) is 11.4 Å². The van der Waals surface area contributed by atoms with Gasteiger partial charge in [-0.2, -0.15) is 10.1 Å². The topological polar surface area (TPSA) is 158 Å². The Hall–Kier alpha value is -3.36. The Morgan fingerprint density at radius 2 is 1.88 bits per heavy atom. The summed E-state index contributed by atoms with van der Waals surface area (Å²) < 4.78 is 7.80. The van der Waals surface area contributed by atoms with Crippen molar-refractivity contribution in [1.82, 2.24) is 30.6 Å². The molecule has 0 saturated carbocycles. The number of aromatic nitrogens is 4. The number of nitrogens with one attached hydrogen (secondary N) is 2. The standard InChI is InChI=1S/C19H20IN7O5/c1-11-17(20)12(2)26(24-11)10-15-23-19(32-25-15)18(29)22-8-7-21-16(28)9-13-3-5-14(6-4-13)27(30)31/h3-6H,7-10H2,1-2H3,(H,21,28)(H,22,29). The van der Waals surface area contributed by atoms with Crippen molar-refractivity contribution in [3.63, 3.8) is 0 Å². The van der Waals surface area contributed by atoms with Crippen LogP contribution in [0.25, 0.3) is 0 Å². The highest BCUT2D eigenvalue weighted by Crippen LogP contribution is 2.16. The number of nitro groups is 1. The van der Waals surface area contributed by atoms with E-state index in [0.717, 1.165) is 15.0 Å². The molecule has 0 saturated heterocycles. The van der Waals surface area contributed by atoms with Crippen molar-refractivity contribution in [2.45, 2.75) is 26.8 Å². The molecular weight excluding hydrogens is 533 g/mol. The Bertz CT molecular complexity index is 1140. The summed E-state index contributed by atoms with van der Waals surface area (Å²) in [4.78, 5) is 38.4. The molecule has 0 radical (unpaired) electrons. The van der Waals surface area contributed by atoms with E-state index >= 15 is 0 Å². The van der Waals surface area contributed by atoms with E-state index in [4.69, 9.17) is 4.52 Å². The highest BCUT2D eigenvalue weighted by Gasteiger charge is 2.17. The zero-order valence-electron chi connectivity index (χ0n) is 17.3. The normalized spacial score (nSPS) is 10.7. The van der Waals surface area contributed by atoms with Gasteiger partial charge in [-0.05, 0) is 42.0 Å². The van der Waals surface area contributed by atoms with Gasteiger partial charge in [-0.3, -0.25) is 24.4 Å². The number of halogens is 1. The molecule has 2 N–H and O–H groups in total. The maximum absolute atomic E-state index is 12.2. The van der Waals surface area contributed by atoms with Crippen molar-refractivity contribution in [2.24, 2.45) is 0 Å². The largest absolute Gasteiger partial charge is 0.354 e. The molecule has 0 aliphatic heterocycles. The van der Waals surface area contributed by atoms with E-state index in [1.54, 1.807) is 4.68 Å². The summed E-state index contributed by atoms with van der Waals surface area (Å²) in [6.07, 6.45) is 0.0736. The maximum Gasteiger partial charge on any atom is 0.316 e. The van der Waals surface area contributed by atoms with Crippen LogP contribution in [-0.2, 0) is 17.8 Å². The summed E-state index contributed by atoms with van der Waals surface area (Å²) in [5, 5.41) is 24.1. The number of rotatable bonds is 9. The number of aryl methyl sites for hydroxylation is 1. The second-order valence-corrected chi connectivity index (χ2v) is 7.94. The minimum atomic E-state index is -0.545. The molecule has 1 aromatic carbocycles. The van der Waals surface area contributed by atoms with Gasteiger partial charge in [0, 0.05) is 30.9 Å². The number of hydrogen-bond donors (Lipinski definition) is 2. The van der Waals surface area contributed by atoms with Gasteiger partial charge in [0.15, 0.2) is 5.82 Å². The van der Waals surface area contributed by atoms with Gasteiger partial charge in [0.05, 0.1) is 20.6 Å². The van der Waals surface area contributed by atoms with Crippen molar-refractivity contribution in [3.8, 4) is 0 Å². The number of nitrogens with zero attached hydrogens (tertiary/aromatic N) is 5. The van der Waals surface area contributed by atoms with Gasteiger partial charge in [-0.25, -0.2) is 0 Å². The fourth-order valence-electron chi connectivity index (χ4n) is 2.81. The van der Waals surface area contributed by atoms with Crippen LogP contribution in [0.5, 0.6) is 0 Å². The second-order valence-electron chi connectivity index (χ2n) is 6.86. The fourth-order valence-corrected chi connectivity index (χ4v) is 3.20. The van der Waals surface area contributed by atoms with Gasteiger partial charge >= 0.3 is 11.8 Å². The number of hydrogen-bond acceptors (Lipinski definition) is 8. The lowest BCUT2D eigenvalue weighted by Crippen LogP contribution is -2.35. The first-order valence-electron chi connectivity index (χ1n) is 9.55. The van der Waals surface area contributed by atoms with Crippen molar-refractivity contribution in [2.75, 3.05) is 13.1 Å². The quantitative estimate of drug-likeness (QED) is 0.175. The Morgan fingerprint density at radius 1 is 1.19 bits per heavy atom. The molecule has 0 unspecified atom stereocenters. The Morgan fingerprint density at radius 3 is 2.50 bits per heavy atom. The molecule has 0 fully saturated rings. The number of benzene rings is 1. The molecule has 0 atom stereocenters. The first kappa shape index (κ1) is 23.3. The SMILES string of the molecule is Cc1nn(Cc2noc(C(=O)NCCNC(=O)Cc3ccc([N+](=O)[O-])cc3)n2)c(C)c1I. The molecule has 0 bridgehead atoms. The van der Waals surface area contributed by atoms with E-state index in [1.165, 1.54) is 24.3 Å². The van der Waals surface area contributed by atoms with Gasteiger partial charge < -0.3 is 15.2 Å². The van der Waals surface area contributed by atoms with Crippen molar-refractivity contribution >= 4 is 40.1 Å². The second kappa shape index (κ2) is 10.3. The molecule has 0 aliphatic carbocycles. The summed E-state index contributed by atoms with van der Waals surface area (Å²) in [5.41, 5.74) is 2.49. The molecule has 2 aromatic heterocycles.